The molecule has 1 fully saturated rings. The Bertz CT molecular complexity index is 879. The van der Waals surface area contributed by atoms with Crippen LogP contribution in [-0.4, -0.2) is 53.1 Å². The van der Waals surface area contributed by atoms with Gasteiger partial charge in [0.25, 0.3) is 5.91 Å². The van der Waals surface area contributed by atoms with Gasteiger partial charge >= 0.3 is 6.09 Å². The summed E-state index contributed by atoms with van der Waals surface area (Å²) in [5.74, 6) is -1.04. The minimum atomic E-state index is -1.14. The third-order valence-electron chi connectivity index (χ3n) is 4.92. The summed E-state index contributed by atoms with van der Waals surface area (Å²) in [7, 11) is 0. The largest absolute Gasteiger partial charge is 0.465 e. The molecule has 3 N–H and O–H groups in total. The molecule has 29 heavy (non-hydrogen) atoms. The van der Waals surface area contributed by atoms with E-state index in [1.165, 1.54) is 10.5 Å². The van der Waals surface area contributed by atoms with Gasteiger partial charge in [0.05, 0.1) is 13.2 Å². The van der Waals surface area contributed by atoms with Gasteiger partial charge in [-0.25, -0.2) is 4.79 Å². The molecule has 3 aliphatic rings. The molecule has 4 rings (SSSR count). The fourth-order valence-electron chi connectivity index (χ4n) is 3.37. The summed E-state index contributed by atoms with van der Waals surface area (Å²) in [6.07, 6.45) is 1.49. The topological polar surface area (TPSA) is 125 Å². The molecule has 3 heterocycles. The standard InChI is InChI=1S/C15H15N3O5.C5H8O/c19-12-4-3-11(13(20)17-12)18-7-9-2-1-8(6-16-15(22)23)5-10(9)14(18)21;1-5-2-3-6-4-5/h1-2,5,11,16H,3-4,6-7H2,(H,22,23)(H,17,19,20);2H,3-4H2,1H3. The molecule has 1 aromatic carbocycles. The molecule has 0 aromatic heterocycles. The lowest BCUT2D eigenvalue weighted by molar-refractivity contribution is -0.136. The molecule has 1 aromatic rings. The number of fused-ring (bicyclic) bond motifs is 1. The van der Waals surface area contributed by atoms with E-state index in [-0.39, 0.29) is 24.8 Å². The molecule has 0 aliphatic carbocycles. The van der Waals surface area contributed by atoms with E-state index < -0.39 is 18.0 Å². The van der Waals surface area contributed by atoms with E-state index in [1.54, 1.807) is 18.2 Å². The Morgan fingerprint density at radius 3 is 2.72 bits per heavy atom. The summed E-state index contributed by atoms with van der Waals surface area (Å²) >= 11 is 0. The van der Waals surface area contributed by atoms with Crippen LogP contribution in [0.4, 0.5) is 4.79 Å². The van der Waals surface area contributed by atoms with Crippen LogP contribution in [0.25, 0.3) is 0 Å². The number of carboxylic acid groups (broad SMARTS) is 1. The number of amides is 4. The highest BCUT2D eigenvalue weighted by atomic mass is 16.5. The van der Waals surface area contributed by atoms with Gasteiger partial charge in [-0.15, -0.1) is 0 Å². The molecular weight excluding hydrogens is 378 g/mol. The smallest absolute Gasteiger partial charge is 0.404 e. The second-order valence-electron chi connectivity index (χ2n) is 7.12. The summed E-state index contributed by atoms with van der Waals surface area (Å²) < 4.78 is 4.96. The van der Waals surface area contributed by atoms with Crippen molar-refractivity contribution < 1.29 is 29.0 Å². The number of imide groups is 1. The summed E-state index contributed by atoms with van der Waals surface area (Å²) in [6.45, 7) is 4.17. The Morgan fingerprint density at radius 2 is 2.14 bits per heavy atom. The summed E-state index contributed by atoms with van der Waals surface area (Å²) in [4.78, 5) is 47.7. The fourth-order valence-corrected chi connectivity index (χ4v) is 3.37. The Kier molecular flexibility index (Phi) is 6.28. The van der Waals surface area contributed by atoms with Gasteiger partial charge in [-0.2, -0.15) is 0 Å². The Hall–Kier alpha value is -3.20. The number of hydrogen-bond acceptors (Lipinski definition) is 5. The lowest BCUT2D eigenvalue weighted by atomic mass is 10.0. The fraction of sp³-hybridized carbons (Fsp3) is 0.400. The maximum atomic E-state index is 12.5. The number of rotatable bonds is 3. The van der Waals surface area contributed by atoms with Crippen LogP contribution in [0, 0.1) is 0 Å². The van der Waals surface area contributed by atoms with Crippen molar-refractivity contribution in [3.8, 4) is 0 Å². The van der Waals surface area contributed by atoms with Gasteiger partial charge < -0.3 is 20.1 Å². The molecular formula is C20H23N3O6. The number of carbonyl (C=O) groups is 4. The van der Waals surface area contributed by atoms with Crippen LogP contribution in [-0.2, 0) is 27.4 Å². The van der Waals surface area contributed by atoms with E-state index >= 15 is 0 Å². The minimum Gasteiger partial charge on any atom is -0.465 e. The second kappa shape index (κ2) is 8.87. The van der Waals surface area contributed by atoms with Crippen molar-refractivity contribution in [2.45, 2.75) is 38.9 Å². The van der Waals surface area contributed by atoms with Crippen molar-refractivity contribution in [1.29, 1.82) is 0 Å². The molecule has 1 atom stereocenters. The number of hydrogen-bond donors (Lipinski definition) is 3. The van der Waals surface area contributed by atoms with Gasteiger partial charge in [0.1, 0.15) is 6.04 Å². The van der Waals surface area contributed by atoms with E-state index in [9.17, 15) is 19.2 Å². The van der Waals surface area contributed by atoms with Gasteiger partial charge in [-0.3, -0.25) is 19.7 Å². The first-order chi connectivity index (χ1) is 13.8. The van der Waals surface area contributed by atoms with Crippen molar-refractivity contribution in [3.63, 3.8) is 0 Å². The number of piperidine rings is 1. The minimum absolute atomic E-state index is 0.105. The molecule has 1 unspecified atom stereocenters. The molecule has 3 aliphatic heterocycles. The number of carbonyl (C=O) groups excluding carboxylic acids is 3. The van der Waals surface area contributed by atoms with E-state index in [1.807, 2.05) is 0 Å². The normalized spacial score (nSPS) is 20.4. The Morgan fingerprint density at radius 1 is 1.34 bits per heavy atom. The van der Waals surface area contributed by atoms with E-state index in [0.29, 0.717) is 24.1 Å². The zero-order valence-electron chi connectivity index (χ0n) is 16.1. The second-order valence-corrected chi connectivity index (χ2v) is 7.12. The average Bonchev–Trinajstić information content (AvgIpc) is 3.28. The highest BCUT2D eigenvalue weighted by molar-refractivity contribution is 6.05. The number of benzene rings is 1. The predicted octanol–water partition coefficient (Wildman–Crippen LogP) is 1.18. The average molecular weight is 401 g/mol. The summed E-state index contributed by atoms with van der Waals surface area (Å²) in [6, 6.07) is 4.50. The van der Waals surface area contributed by atoms with Crippen LogP contribution in [0.15, 0.2) is 29.8 Å². The number of nitrogens with zero attached hydrogens (tertiary/aromatic N) is 1. The number of ether oxygens (including phenoxy) is 1. The van der Waals surface area contributed by atoms with Crippen LogP contribution < -0.4 is 10.6 Å². The first-order valence-corrected chi connectivity index (χ1v) is 9.32. The van der Waals surface area contributed by atoms with Crippen LogP contribution in [0.3, 0.4) is 0 Å². The SMILES string of the molecule is CC1=CCOC1.O=C(O)NCc1ccc2c(c1)C(=O)N(C1CCC(=O)NC1=O)C2. The molecule has 0 radical (unpaired) electrons. The Labute approximate surface area is 167 Å². The first kappa shape index (κ1) is 20.5. The van der Waals surface area contributed by atoms with Gasteiger partial charge in [0, 0.05) is 25.1 Å². The van der Waals surface area contributed by atoms with Crippen LogP contribution in [0.5, 0.6) is 0 Å². The zero-order chi connectivity index (χ0) is 21.0. The maximum absolute atomic E-state index is 12.5. The lowest BCUT2D eigenvalue weighted by Gasteiger charge is -2.29. The molecule has 154 valence electrons. The molecule has 0 bridgehead atoms. The van der Waals surface area contributed by atoms with Crippen LogP contribution in [0.1, 0.15) is 41.3 Å². The predicted molar refractivity (Wildman–Crippen MR) is 102 cm³/mol. The van der Waals surface area contributed by atoms with Crippen molar-refractivity contribution in [2.24, 2.45) is 0 Å². The van der Waals surface area contributed by atoms with E-state index in [2.05, 4.69) is 23.6 Å². The first-order valence-electron chi connectivity index (χ1n) is 9.32. The molecule has 9 nitrogen and oxygen atoms in total. The molecule has 0 spiro atoms. The highest BCUT2D eigenvalue weighted by Crippen LogP contribution is 2.28. The quantitative estimate of drug-likeness (QED) is 0.516. The van der Waals surface area contributed by atoms with Gasteiger partial charge in [0.2, 0.25) is 11.8 Å². The molecule has 1 saturated heterocycles. The molecule has 0 saturated carbocycles. The molecule has 4 amide bonds. The van der Waals surface area contributed by atoms with E-state index in [0.717, 1.165) is 18.8 Å². The zero-order valence-corrected chi connectivity index (χ0v) is 16.1. The lowest BCUT2D eigenvalue weighted by Crippen LogP contribution is -2.52. The molecule has 9 heteroatoms. The van der Waals surface area contributed by atoms with Crippen LogP contribution >= 0.6 is 0 Å². The van der Waals surface area contributed by atoms with E-state index in [4.69, 9.17) is 9.84 Å². The van der Waals surface area contributed by atoms with Crippen molar-refractivity contribution >= 4 is 23.8 Å². The van der Waals surface area contributed by atoms with Gasteiger partial charge in [-0.1, -0.05) is 18.2 Å². The number of nitrogens with one attached hydrogen (secondary N) is 2. The van der Waals surface area contributed by atoms with Crippen LogP contribution in [0.2, 0.25) is 0 Å². The van der Waals surface area contributed by atoms with Gasteiger partial charge in [-0.05, 0) is 36.1 Å². The van der Waals surface area contributed by atoms with Gasteiger partial charge in [0.15, 0.2) is 0 Å². The monoisotopic (exact) mass is 401 g/mol. The third kappa shape index (κ3) is 5.00. The Balaban J connectivity index is 0.000000343. The van der Waals surface area contributed by atoms with Crippen molar-refractivity contribution in [3.05, 3.63) is 46.5 Å². The van der Waals surface area contributed by atoms with Crippen molar-refractivity contribution in [1.82, 2.24) is 15.5 Å². The maximum Gasteiger partial charge on any atom is 0.404 e. The summed E-state index contributed by atoms with van der Waals surface area (Å²) in [5, 5.41) is 13.1. The third-order valence-corrected chi connectivity index (χ3v) is 4.92. The van der Waals surface area contributed by atoms with Crippen molar-refractivity contribution in [2.75, 3.05) is 13.2 Å². The summed E-state index contributed by atoms with van der Waals surface area (Å²) in [5.41, 5.74) is 3.29. The highest BCUT2D eigenvalue weighted by Gasteiger charge is 2.39.